The molecule has 0 aromatic carbocycles. The summed E-state index contributed by atoms with van der Waals surface area (Å²) in [7, 11) is 2.97. The number of hydrogen-bond acceptors (Lipinski definition) is 4. The summed E-state index contributed by atoms with van der Waals surface area (Å²) in [6.07, 6.45) is 3.66. The Balaban J connectivity index is 2.52. The third-order valence-electron chi connectivity index (χ3n) is 2.53. The van der Waals surface area contributed by atoms with E-state index < -0.39 is 6.64 Å². The van der Waals surface area contributed by atoms with Crippen LogP contribution in [0, 0.1) is 11.3 Å². The van der Waals surface area contributed by atoms with E-state index in [1.54, 1.807) is 6.20 Å². The number of nitriles is 1. The molecule has 0 bridgehead atoms. The van der Waals surface area contributed by atoms with Gasteiger partial charge in [-0.25, -0.2) is 0 Å². The van der Waals surface area contributed by atoms with Gasteiger partial charge in [0.2, 0.25) is 0 Å². The molecular weight excluding hydrogens is 269 g/mol. The second kappa shape index (κ2) is 5.09. The molecular formula is C11H12N3O2PS. The fourth-order valence-corrected chi connectivity index (χ4v) is 2.73. The lowest BCUT2D eigenvalue weighted by Gasteiger charge is -2.18. The minimum Gasteiger partial charge on any atom is -0.320 e. The molecule has 0 aliphatic carbocycles. The summed E-state index contributed by atoms with van der Waals surface area (Å²) in [5, 5.41) is 12.2. The van der Waals surface area contributed by atoms with Gasteiger partial charge >= 0.3 is 0 Å². The first-order chi connectivity index (χ1) is 8.63. The largest absolute Gasteiger partial charge is 0.320 e. The lowest BCUT2D eigenvalue weighted by atomic mass is 10.2. The molecule has 2 aromatic heterocycles. The number of hydrogen-bond donors (Lipinski definition) is 1. The molecule has 0 saturated heterocycles. The molecule has 0 amide bonds. The van der Waals surface area contributed by atoms with Crippen LogP contribution < -0.4 is 5.09 Å². The van der Waals surface area contributed by atoms with E-state index in [1.807, 2.05) is 28.8 Å². The quantitative estimate of drug-likeness (QED) is 0.873. The zero-order valence-electron chi connectivity index (χ0n) is 9.95. The van der Waals surface area contributed by atoms with Crippen molar-refractivity contribution in [2.24, 2.45) is 0 Å². The van der Waals surface area contributed by atoms with E-state index >= 15 is 0 Å². The van der Waals surface area contributed by atoms with Gasteiger partial charge in [0, 0.05) is 26.6 Å². The number of pyridine rings is 1. The average Bonchev–Trinajstić information content (AvgIpc) is 2.75. The Labute approximate surface area is 110 Å². The van der Waals surface area contributed by atoms with Gasteiger partial charge in [0.1, 0.15) is 11.6 Å². The Bertz CT molecular complexity index is 654. The fraction of sp³-hybridized carbons (Fsp3) is 0.182. The van der Waals surface area contributed by atoms with Crippen molar-refractivity contribution >= 4 is 29.7 Å². The molecule has 2 aromatic rings. The smallest absolute Gasteiger partial charge is 0.287 e. The van der Waals surface area contributed by atoms with Crippen LogP contribution >= 0.6 is 6.64 Å². The highest BCUT2D eigenvalue weighted by Gasteiger charge is 2.19. The topological polar surface area (TPSA) is 58.7 Å². The van der Waals surface area contributed by atoms with Crippen molar-refractivity contribution in [3.05, 3.63) is 36.2 Å². The highest BCUT2D eigenvalue weighted by molar-refractivity contribution is 8.10. The van der Waals surface area contributed by atoms with E-state index in [2.05, 4.69) is 11.2 Å². The van der Waals surface area contributed by atoms with Crippen LogP contribution in [0.4, 0.5) is 5.69 Å². The number of rotatable bonds is 4. The fourth-order valence-electron chi connectivity index (χ4n) is 1.64. The summed E-state index contributed by atoms with van der Waals surface area (Å²) in [6.45, 7) is -2.58. The van der Waals surface area contributed by atoms with Crippen LogP contribution in [0.15, 0.2) is 30.6 Å². The Kier molecular flexibility index (Phi) is 3.69. The number of nitrogens with one attached hydrogen (secondary N) is 1. The van der Waals surface area contributed by atoms with Crippen LogP contribution in [0.5, 0.6) is 0 Å². The summed E-state index contributed by atoms with van der Waals surface area (Å²) in [5.74, 6) is 0. The van der Waals surface area contributed by atoms with Crippen LogP contribution in [0.2, 0.25) is 0 Å². The molecule has 2 rings (SSSR count). The van der Waals surface area contributed by atoms with E-state index in [1.165, 1.54) is 14.2 Å². The van der Waals surface area contributed by atoms with Crippen molar-refractivity contribution in [1.29, 1.82) is 5.26 Å². The highest BCUT2D eigenvalue weighted by atomic mass is 32.5. The van der Waals surface area contributed by atoms with Gasteiger partial charge in [0.15, 0.2) is 0 Å². The maximum absolute atomic E-state index is 9.24. The van der Waals surface area contributed by atoms with Gasteiger partial charge in [0.25, 0.3) is 6.64 Å². The summed E-state index contributed by atoms with van der Waals surface area (Å²) in [4.78, 5) is 0. The minimum atomic E-state index is -2.58. The van der Waals surface area contributed by atoms with Crippen LogP contribution in [-0.4, -0.2) is 18.6 Å². The molecule has 0 unspecified atom stereocenters. The molecule has 0 aliphatic heterocycles. The highest BCUT2D eigenvalue weighted by Crippen LogP contribution is 2.47. The zero-order valence-corrected chi connectivity index (χ0v) is 11.7. The van der Waals surface area contributed by atoms with Gasteiger partial charge in [-0.05, 0) is 23.9 Å². The van der Waals surface area contributed by atoms with Gasteiger partial charge in [-0.2, -0.15) is 5.26 Å². The third-order valence-corrected chi connectivity index (χ3v) is 5.18. The summed E-state index contributed by atoms with van der Waals surface area (Å²) in [6, 6.07) is 7.80. The Morgan fingerprint density at radius 3 is 2.72 bits per heavy atom. The Morgan fingerprint density at radius 1 is 1.39 bits per heavy atom. The maximum atomic E-state index is 9.24. The summed E-state index contributed by atoms with van der Waals surface area (Å²) in [5.41, 5.74) is 1.96. The first kappa shape index (κ1) is 13.1. The number of fused-ring (bicyclic) bond motifs is 1. The standard InChI is InChI=1S/C11H12N3O2PS/c1-15-17(18,16-2)13-10-8-14-6-4-3-5-11(14)9(10)7-12/h3-6,8H,1-2H3,(H,13,18). The lowest BCUT2D eigenvalue weighted by Crippen LogP contribution is -2.00. The monoisotopic (exact) mass is 281 g/mol. The molecule has 18 heavy (non-hydrogen) atoms. The second-order valence-corrected chi connectivity index (χ2v) is 6.89. The number of nitrogens with zero attached hydrogens (tertiary/aromatic N) is 2. The molecule has 94 valence electrons. The summed E-state index contributed by atoms with van der Waals surface area (Å²) >= 11 is 5.24. The second-order valence-electron chi connectivity index (χ2n) is 3.50. The molecule has 0 atom stereocenters. The Morgan fingerprint density at radius 2 is 2.11 bits per heavy atom. The van der Waals surface area contributed by atoms with E-state index in [-0.39, 0.29) is 0 Å². The van der Waals surface area contributed by atoms with Gasteiger partial charge in [0.05, 0.1) is 11.2 Å². The van der Waals surface area contributed by atoms with Crippen molar-refractivity contribution in [3.8, 4) is 6.07 Å². The first-order valence-corrected chi connectivity index (χ1v) is 7.77. The van der Waals surface area contributed by atoms with E-state index in [0.717, 1.165) is 5.52 Å². The van der Waals surface area contributed by atoms with E-state index in [9.17, 15) is 5.26 Å². The minimum absolute atomic E-state index is 0.527. The number of anilines is 1. The van der Waals surface area contributed by atoms with Gasteiger partial charge in [-0.3, -0.25) is 0 Å². The predicted molar refractivity (Wildman–Crippen MR) is 74.0 cm³/mol. The molecule has 0 aliphatic rings. The van der Waals surface area contributed by atoms with Crippen LogP contribution in [0.1, 0.15) is 5.56 Å². The molecule has 5 nitrogen and oxygen atoms in total. The van der Waals surface area contributed by atoms with Gasteiger partial charge in [-0.15, -0.1) is 0 Å². The zero-order chi connectivity index (χ0) is 13.2. The SMILES string of the molecule is COP(=S)(Nc1cn2ccccc2c1C#N)OC. The van der Waals surface area contributed by atoms with Gasteiger partial charge in [-0.1, -0.05) is 6.07 Å². The number of aromatic nitrogens is 1. The van der Waals surface area contributed by atoms with E-state index in [4.69, 9.17) is 20.9 Å². The van der Waals surface area contributed by atoms with Crippen molar-refractivity contribution in [1.82, 2.24) is 4.40 Å². The molecule has 2 heterocycles. The average molecular weight is 281 g/mol. The summed E-state index contributed by atoms with van der Waals surface area (Å²) < 4.78 is 12.2. The molecule has 0 saturated carbocycles. The van der Waals surface area contributed by atoms with Crippen molar-refractivity contribution < 1.29 is 9.05 Å². The molecule has 1 N–H and O–H groups in total. The van der Waals surface area contributed by atoms with Crippen molar-refractivity contribution in [2.45, 2.75) is 0 Å². The van der Waals surface area contributed by atoms with Crippen LogP contribution in [0.25, 0.3) is 5.52 Å². The molecule has 0 radical (unpaired) electrons. The third kappa shape index (κ3) is 2.26. The van der Waals surface area contributed by atoms with Crippen molar-refractivity contribution in [2.75, 3.05) is 19.3 Å². The van der Waals surface area contributed by atoms with Crippen molar-refractivity contribution in [3.63, 3.8) is 0 Å². The predicted octanol–water partition coefficient (Wildman–Crippen LogP) is 2.74. The van der Waals surface area contributed by atoms with Gasteiger partial charge < -0.3 is 18.5 Å². The van der Waals surface area contributed by atoms with Crippen LogP contribution in [0.3, 0.4) is 0 Å². The molecule has 0 fully saturated rings. The lowest BCUT2D eigenvalue weighted by molar-refractivity contribution is 0.342. The van der Waals surface area contributed by atoms with Crippen LogP contribution in [-0.2, 0) is 20.9 Å². The normalized spacial score (nSPS) is 11.4. The first-order valence-electron chi connectivity index (χ1n) is 5.13. The molecule has 0 spiro atoms. The molecule has 7 heteroatoms. The maximum Gasteiger partial charge on any atom is 0.287 e. The van der Waals surface area contributed by atoms with E-state index in [0.29, 0.717) is 11.3 Å². The Hall–Kier alpha value is -1.38.